The average molecular weight is 470 g/mol. The van der Waals surface area contributed by atoms with Crippen LogP contribution in [0.5, 0.6) is 0 Å². The standard InChI is InChI=1S/C23H20ClN3O4S/c1-13-8-9-15(10-17(13)24)26-18(28)12-32-22-16(11-25)19(14-6-4-3-5-7-14)20(21(29)27-22)23(30)31-2/h3-10,19-20H,12H2,1-2H3,(H,26,28)(H,27,29)/t19-,20+/m1/s1. The minimum Gasteiger partial charge on any atom is -0.468 e. The molecule has 0 aromatic heterocycles. The lowest BCUT2D eigenvalue weighted by Gasteiger charge is -2.30. The van der Waals surface area contributed by atoms with Gasteiger partial charge in [-0.15, -0.1) is 0 Å². The van der Waals surface area contributed by atoms with E-state index in [-0.39, 0.29) is 22.3 Å². The van der Waals surface area contributed by atoms with Crippen LogP contribution in [-0.2, 0) is 19.1 Å². The Balaban J connectivity index is 1.85. The Kier molecular flexibility index (Phi) is 7.57. The molecule has 32 heavy (non-hydrogen) atoms. The minimum atomic E-state index is -1.20. The molecule has 2 amide bonds. The average Bonchev–Trinajstić information content (AvgIpc) is 2.79. The van der Waals surface area contributed by atoms with Gasteiger partial charge in [-0.05, 0) is 30.2 Å². The van der Waals surface area contributed by atoms with Gasteiger partial charge in [0.05, 0.1) is 29.5 Å². The van der Waals surface area contributed by atoms with Crippen molar-refractivity contribution in [2.45, 2.75) is 12.8 Å². The van der Waals surface area contributed by atoms with Gasteiger partial charge >= 0.3 is 5.97 Å². The molecule has 2 N–H and O–H groups in total. The molecule has 9 heteroatoms. The van der Waals surface area contributed by atoms with Crippen LogP contribution in [-0.4, -0.2) is 30.6 Å². The first-order valence-electron chi connectivity index (χ1n) is 9.62. The van der Waals surface area contributed by atoms with Gasteiger partial charge in [0.25, 0.3) is 0 Å². The molecule has 0 unspecified atom stereocenters. The Morgan fingerprint density at radius 3 is 2.59 bits per heavy atom. The van der Waals surface area contributed by atoms with Crippen LogP contribution in [0.4, 0.5) is 5.69 Å². The van der Waals surface area contributed by atoms with Gasteiger partial charge in [-0.1, -0.05) is 59.8 Å². The predicted molar refractivity (Wildman–Crippen MR) is 123 cm³/mol. The van der Waals surface area contributed by atoms with E-state index in [4.69, 9.17) is 16.3 Å². The van der Waals surface area contributed by atoms with E-state index in [0.29, 0.717) is 16.3 Å². The monoisotopic (exact) mass is 469 g/mol. The van der Waals surface area contributed by atoms with Gasteiger partial charge in [-0.2, -0.15) is 5.26 Å². The second-order valence-electron chi connectivity index (χ2n) is 7.03. The van der Waals surface area contributed by atoms with E-state index in [9.17, 15) is 19.6 Å². The number of amides is 2. The maximum atomic E-state index is 12.8. The number of halogens is 1. The fourth-order valence-corrected chi connectivity index (χ4v) is 4.37. The summed E-state index contributed by atoms with van der Waals surface area (Å²) in [6.45, 7) is 1.86. The van der Waals surface area contributed by atoms with Crippen molar-refractivity contribution in [2.24, 2.45) is 5.92 Å². The van der Waals surface area contributed by atoms with Crippen LogP contribution in [0.1, 0.15) is 17.0 Å². The summed E-state index contributed by atoms with van der Waals surface area (Å²) in [5, 5.41) is 16.0. The van der Waals surface area contributed by atoms with Gasteiger partial charge in [-0.25, -0.2) is 0 Å². The number of hydrogen-bond donors (Lipinski definition) is 2. The summed E-state index contributed by atoms with van der Waals surface area (Å²) in [5.74, 6) is -3.73. The smallest absolute Gasteiger partial charge is 0.319 e. The van der Waals surface area contributed by atoms with Crippen LogP contribution >= 0.6 is 23.4 Å². The number of anilines is 1. The molecule has 1 aliphatic rings. The van der Waals surface area contributed by atoms with Gasteiger partial charge in [0.15, 0.2) is 0 Å². The van der Waals surface area contributed by atoms with Crippen LogP contribution in [0.2, 0.25) is 5.02 Å². The molecule has 0 saturated heterocycles. The Labute approximate surface area is 194 Å². The third-order valence-corrected chi connectivity index (χ3v) is 6.37. The maximum Gasteiger partial charge on any atom is 0.319 e. The summed E-state index contributed by atoms with van der Waals surface area (Å²) in [6.07, 6.45) is 0. The number of nitriles is 1. The predicted octanol–water partition coefficient (Wildman–Crippen LogP) is 3.76. The molecule has 1 heterocycles. The van der Waals surface area contributed by atoms with Gasteiger partial charge in [0.2, 0.25) is 11.8 Å². The molecule has 0 bridgehead atoms. The lowest BCUT2D eigenvalue weighted by atomic mass is 9.78. The molecule has 0 fully saturated rings. The maximum absolute atomic E-state index is 12.8. The van der Waals surface area contributed by atoms with Crippen molar-refractivity contribution in [1.29, 1.82) is 5.26 Å². The highest BCUT2D eigenvalue weighted by atomic mass is 35.5. The van der Waals surface area contributed by atoms with Crippen molar-refractivity contribution in [1.82, 2.24) is 5.32 Å². The fraction of sp³-hybridized carbons (Fsp3) is 0.217. The van der Waals surface area contributed by atoms with Gasteiger partial charge in [-0.3, -0.25) is 14.4 Å². The number of carbonyl (C=O) groups is 3. The fourth-order valence-electron chi connectivity index (χ4n) is 3.35. The lowest BCUT2D eigenvalue weighted by molar-refractivity contribution is -0.150. The number of hydrogen-bond acceptors (Lipinski definition) is 6. The SMILES string of the molecule is COC(=O)[C@@H]1C(=O)NC(SCC(=O)Nc2ccc(C)c(Cl)c2)=C(C#N)[C@H]1c1ccccc1. The number of ether oxygens (including phenoxy) is 1. The second-order valence-corrected chi connectivity index (χ2v) is 8.43. The summed E-state index contributed by atoms with van der Waals surface area (Å²) in [7, 11) is 1.19. The van der Waals surface area contributed by atoms with Crippen molar-refractivity contribution in [2.75, 3.05) is 18.2 Å². The first-order valence-corrected chi connectivity index (χ1v) is 11.0. The number of nitrogens with one attached hydrogen (secondary N) is 2. The number of allylic oxidation sites excluding steroid dienone is 1. The summed E-state index contributed by atoms with van der Waals surface area (Å²) >= 11 is 7.11. The molecule has 7 nitrogen and oxygen atoms in total. The number of aryl methyl sites for hydroxylation is 1. The third kappa shape index (κ3) is 5.13. The summed E-state index contributed by atoms with van der Waals surface area (Å²) < 4.78 is 4.81. The Bertz CT molecular complexity index is 1130. The largest absolute Gasteiger partial charge is 0.468 e. The number of esters is 1. The number of nitrogens with zero attached hydrogens (tertiary/aromatic N) is 1. The van der Waals surface area contributed by atoms with Crippen molar-refractivity contribution < 1.29 is 19.1 Å². The highest BCUT2D eigenvalue weighted by Crippen LogP contribution is 2.40. The van der Waals surface area contributed by atoms with E-state index in [0.717, 1.165) is 17.3 Å². The zero-order chi connectivity index (χ0) is 23.3. The number of carbonyl (C=O) groups excluding carboxylic acids is 3. The second kappa shape index (κ2) is 10.4. The zero-order valence-corrected chi connectivity index (χ0v) is 18.9. The molecule has 0 spiro atoms. The molecule has 3 rings (SSSR count). The quantitative estimate of drug-likeness (QED) is 0.492. The first kappa shape index (κ1) is 23.4. The number of benzene rings is 2. The van der Waals surface area contributed by atoms with Gasteiger partial charge < -0.3 is 15.4 Å². The molecule has 2 aromatic rings. The normalized spacial score (nSPS) is 17.9. The van der Waals surface area contributed by atoms with Gasteiger partial charge in [0, 0.05) is 16.6 Å². The van der Waals surface area contributed by atoms with Crippen molar-refractivity contribution in [3.8, 4) is 6.07 Å². The molecule has 0 saturated carbocycles. The molecule has 164 valence electrons. The molecular formula is C23H20ClN3O4S. The lowest BCUT2D eigenvalue weighted by Crippen LogP contribution is -2.44. The molecular weight excluding hydrogens is 450 g/mol. The molecule has 2 atom stereocenters. The number of thioether (sulfide) groups is 1. The van der Waals surface area contributed by atoms with Crippen molar-refractivity contribution in [3.63, 3.8) is 0 Å². The van der Waals surface area contributed by atoms with Crippen LogP contribution < -0.4 is 10.6 Å². The van der Waals surface area contributed by atoms with Crippen molar-refractivity contribution in [3.05, 3.63) is 75.3 Å². The van der Waals surface area contributed by atoms with Crippen LogP contribution in [0.25, 0.3) is 0 Å². The first-order chi connectivity index (χ1) is 15.3. The Hall–Kier alpha value is -3.28. The molecule has 0 aliphatic carbocycles. The highest BCUT2D eigenvalue weighted by molar-refractivity contribution is 8.03. The topological polar surface area (TPSA) is 108 Å². The van der Waals surface area contributed by atoms with Gasteiger partial charge in [0.1, 0.15) is 5.92 Å². The highest BCUT2D eigenvalue weighted by Gasteiger charge is 2.44. The summed E-state index contributed by atoms with van der Waals surface area (Å²) in [5.41, 5.74) is 2.26. The molecule has 0 radical (unpaired) electrons. The third-order valence-electron chi connectivity index (χ3n) is 4.95. The number of methoxy groups -OCH3 is 1. The van der Waals surface area contributed by atoms with E-state index in [1.165, 1.54) is 7.11 Å². The summed E-state index contributed by atoms with van der Waals surface area (Å²) in [4.78, 5) is 37.6. The van der Waals surface area contributed by atoms with E-state index >= 15 is 0 Å². The van der Waals surface area contributed by atoms with Crippen LogP contribution in [0.3, 0.4) is 0 Å². The summed E-state index contributed by atoms with van der Waals surface area (Å²) in [6, 6.07) is 16.1. The van der Waals surface area contributed by atoms with Crippen LogP contribution in [0, 0.1) is 24.2 Å². The van der Waals surface area contributed by atoms with Crippen molar-refractivity contribution >= 4 is 46.8 Å². The minimum absolute atomic E-state index is 0.0588. The van der Waals surface area contributed by atoms with E-state index in [1.54, 1.807) is 48.5 Å². The molecule has 1 aliphatic heterocycles. The van der Waals surface area contributed by atoms with E-state index < -0.39 is 23.7 Å². The Morgan fingerprint density at radius 1 is 1.25 bits per heavy atom. The van der Waals surface area contributed by atoms with E-state index in [1.807, 2.05) is 6.92 Å². The van der Waals surface area contributed by atoms with Crippen LogP contribution in [0.15, 0.2) is 59.1 Å². The van der Waals surface area contributed by atoms with E-state index in [2.05, 4.69) is 16.7 Å². The zero-order valence-electron chi connectivity index (χ0n) is 17.3. The number of rotatable bonds is 6. The Morgan fingerprint density at radius 2 is 1.97 bits per heavy atom. The molecule has 2 aromatic carbocycles.